The molecule has 0 spiro atoms. The van der Waals surface area contributed by atoms with Crippen molar-refractivity contribution in [1.82, 2.24) is 4.98 Å². The minimum absolute atomic E-state index is 0.0933. The SMILES string of the molecule is CCC(C)(C)OCc1cc(Cl)ccn1. The van der Waals surface area contributed by atoms with Gasteiger partial charge in [0.1, 0.15) is 0 Å². The summed E-state index contributed by atoms with van der Waals surface area (Å²) in [6.45, 7) is 6.75. The van der Waals surface area contributed by atoms with Gasteiger partial charge in [0, 0.05) is 11.2 Å². The summed E-state index contributed by atoms with van der Waals surface area (Å²) in [5.41, 5.74) is 0.781. The van der Waals surface area contributed by atoms with Crippen molar-refractivity contribution in [3.8, 4) is 0 Å². The summed E-state index contributed by atoms with van der Waals surface area (Å²) in [5, 5.41) is 0.702. The van der Waals surface area contributed by atoms with E-state index in [1.165, 1.54) is 0 Å². The number of hydrogen-bond donors (Lipinski definition) is 0. The van der Waals surface area contributed by atoms with E-state index in [0.29, 0.717) is 11.6 Å². The third-order valence-corrected chi connectivity index (χ3v) is 2.48. The largest absolute Gasteiger partial charge is 0.369 e. The number of aromatic nitrogens is 1. The first-order chi connectivity index (χ1) is 6.53. The van der Waals surface area contributed by atoms with Gasteiger partial charge in [0.25, 0.3) is 0 Å². The van der Waals surface area contributed by atoms with Crippen molar-refractivity contribution >= 4 is 11.6 Å². The molecule has 78 valence electrons. The van der Waals surface area contributed by atoms with Crippen LogP contribution >= 0.6 is 11.6 Å². The van der Waals surface area contributed by atoms with Gasteiger partial charge in [0.05, 0.1) is 17.9 Å². The standard InChI is InChI=1S/C11H16ClNO/c1-4-11(2,3)14-8-10-7-9(12)5-6-13-10/h5-7H,4,8H2,1-3H3. The van der Waals surface area contributed by atoms with Crippen LogP contribution in [-0.4, -0.2) is 10.6 Å². The Hall–Kier alpha value is -0.600. The second-order valence-corrected chi connectivity index (χ2v) is 4.30. The minimum Gasteiger partial charge on any atom is -0.369 e. The van der Waals surface area contributed by atoms with Gasteiger partial charge in [-0.05, 0) is 32.4 Å². The summed E-state index contributed by atoms with van der Waals surface area (Å²) in [5.74, 6) is 0. The lowest BCUT2D eigenvalue weighted by molar-refractivity contribution is -0.0330. The number of ether oxygens (including phenoxy) is 1. The van der Waals surface area contributed by atoms with Gasteiger partial charge in [0.2, 0.25) is 0 Å². The van der Waals surface area contributed by atoms with Gasteiger partial charge in [-0.3, -0.25) is 4.98 Å². The van der Waals surface area contributed by atoms with Crippen LogP contribution in [0.3, 0.4) is 0 Å². The molecule has 1 aromatic rings. The molecule has 3 heteroatoms. The van der Waals surface area contributed by atoms with Crippen molar-refractivity contribution in [3.63, 3.8) is 0 Å². The smallest absolute Gasteiger partial charge is 0.0895 e. The Kier molecular flexibility index (Phi) is 3.90. The van der Waals surface area contributed by atoms with Crippen LogP contribution in [0, 0.1) is 0 Å². The zero-order valence-corrected chi connectivity index (χ0v) is 9.64. The molecule has 2 nitrogen and oxygen atoms in total. The lowest BCUT2D eigenvalue weighted by atomic mass is 10.1. The topological polar surface area (TPSA) is 22.1 Å². The Balaban J connectivity index is 2.54. The molecule has 0 saturated carbocycles. The average molecular weight is 214 g/mol. The molecule has 1 heterocycles. The van der Waals surface area contributed by atoms with Crippen molar-refractivity contribution in [1.29, 1.82) is 0 Å². The highest BCUT2D eigenvalue weighted by atomic mass is 35.5. The Labute approximate surface area is 90.3 Å². The fraction of sp³-hybridized carbons (Fsp3) is 0.545. The average Bonchev–Trinajstić information content (AvgIpc) is 2.15. The Bertz CT molecular complexity index is 299. The molecule has 0 N–H and O–H groups in total. The fourth-order valence-electron chi connectivity index (χ4n) is 0.899. The van der Waals surface area contributed by atoms with Crippen LogP contribution in [0.5, 0.6) is 0 Å². The van der Waals surface area contributed by atoms with Crippen LogP contribution in [0.15, 0.2) is 18.3 Å². The fourth-order valence-corrected chi connectivity index (χ4v) is 1.08. The normalized spacial score (nSPS) is 11.7. The summed E-state index contributed by atoms with van der Waals surface area (Å²) in [6.07, 6.45) is 2.67. The van der Waals surface area contributed by atoms with Crippen LogP contribution in [0.1, 0.15) is 32.9 Å². The summed E-state index contributed by atoms with van der Waals surface area (Å²) >= 11 is 5.83. The molecule has 1 aromatic heterocycles. The number of halogens is 1. The van der Waals surface area contributed by atoms with Gasteiger partial charge in [-0.2, -0.15) is 0 Å². The second-order valence-electron chi connectivity index (χ2n) is 3.87. The van der Waals surface area contributed by atoms with Gasteiger partial charge >= 0.3 is 0 Å². The van der Waals surface area contributed by atoms with Gasteiger partial charge in [0.15, 0.2) is 0 Å². The maximum atomic E-state index is 5.83. The van der Waals surface area contributed by atoms with Crippen LogP contribution in [0.25, 0.3) is 0 Å². The molecule has 14 heavy (non-hydrogen) atoms. The number of nitrogens with zero attached hydrogens (tertiary/aromatic N) is 1. The molecule has 0 aliphatic carbocycles. The van der Waals surface area contributed by atoms with E-state index < -0.39 is 0 Å². The quantitative estimate of drug-likeness (QED) is 0.765. The zero-order chi connectivity index (χ0) is 10.6. The van der Waals surface area contributed by atoms with E-state index in [-0.39, 0.29) is 5.60 Å². The Morgan fingerprint density at radius 3 is 2.79 bits per heavy atom. The highest BCUT2D eigenvalue weighted by molar-refractivity contribution is 6.30. The number of hydrogen-bond acceptors (Lipinski definition) is 2. The van der Waals surface area contributed by atoms with Crippen molar-refractivity contribution in [2.75, 3.05) is 0 Å². The van der Waals surface area contributed by atoms with E-state index in [9.17, 15) is 0 Å². The Morgan fingerprint density at radius 2 is 2.21 bits per heavy atom. The molecule has 0 unspecified atom stereocenters. The van der Waals surface area contributed by atoms with Crippen molar-refractivity contribution in [2.45, 2.75) is 39.4 Å². The van der Waals surface area contributed by atoms with Crippen LogP contribution in [0.2, 0.25) is 5.02 Å². The lowest BCUT2D eigenvalue weighted by Crippen LogP contribution is -2.22. The summed E-state index contributed by atoms with van der Waals surface area (Å²) in [6, 6.07) is 3.59. The summed E-state index contributed by atoms with van der Waals surface area (Å²) in [7, 11) is 0. The lowest BCUT2D eigenvalue weighted by Gasteiger charge is -2.23. The van der Waals surface area contributed by atoms with Crippen molar-refractivity contribution in [2.24, 2.45) is 0 Å². The van der Waals surface area contributed by atoms with Gasteiger partial charge in [-0.15, -0.1) is 0 Å². The second kappa shape index (κ2) is 4.76. The predicted octanol–water partition coefficient (Wildman–Crippen LogP) is 3.44. The third kappa shape index (κ3) is 3.64. The van der Waals surface area contributed by atoms with Gasteiger partial charge in [-0.1, -0.05) is 18.5 Å². The van der Waals surface area contributed by atoms with Crippen LogP contribution < -0.4 is 0 Å². The molecular weight excluding hydrogens is 198 g/mol. The van der Waals surface area contributed by atoms with E-state index in [1.54, 1.807) is 12.3 Å². The molecule has 0 saturated heterocycles. The zero-order valence-electron chi connectivity index (χ0n) is 8.88. The molecule has 0 fully saturated rings. The van der Waals surface area contributed by atoms with E-state index in [0.717, 1.165) is 12.1 Å². The predicted molar refractivity (Wildman–Crippen MR) is 58.4 cm³/mol. The van der Waals surface area contributed by atoms with E-state index in [1.807, 2.05) is 6.07 Å². The third-order valence-electron chi connectivity index (χ3n) is 2.24. The van der Waals surface area contributed by atoms with Gasteiger partial charge < -0.3 is 4.74 Å². The maximum absolute atomic E-state index is 5.83. The molecule has 0 aliphatic heterocycles. The number of rotatable bonds is 4. The molecular formula is C11H16ClNO. The van der Waals surface area contributed by atoms with Crippen LogP contribution in [0.4, 0.5) is 0 Å². The summed E-state index contributed by atoms with van der Waals surface area (Å²) < 4.78 is 5.70. The van der Waals surface area contributed by atoms with Gasteiger partial charge in [-0.25, -0.2) is 0 Å². The first-order valence-corrected chi connectivity index (χ1v) is 5.16. The molecule has 1 rings (SSSR count). The van der Waals surface area contributed by atoms with E-state index in [2.05, 4.69) is 25.8 Å². The first-order valence-electron chi connectivity index (χ1n) is 4.78. The molecule has 0 radical (unpaired) electrons. The molecule has 0 amide bonds. The van der Waals surface area contributed by atoms with E-state index >= 15 is 0 Å². The van der Waals surface area contributed by atoms with Crippen molar-refractivity contribution in [3.05, 3.63) is 29.0 Å². The van der Waals surface area contributed by atoms with Crippen molar-refractivity contribution < 1.29 is 4.74 Å². The maximum Gasteiger partial charge on any atom is 0.0895 e. The molecule has 0 aromatic carbocycles. The highest BCUT2D eigenvalue weighted by Crippen LogP contribution is 2.16. The monoisotopic (exact) mass is 213 g/mol. The minimum atomic E-state index is -0.0933. The molecule has 0 atom stereocenters. The first kappa shape index (κ1) is 11.5. The van der Waals surface area contributed by atoms with Crippen LogP contribution in [-0.2, 0) is 11.3 Å². The molecule has 0 bridgehead atoms. The van der Waals surface area contributed by atoms with E-state index in [4.69, 9.17) is 16.3 Å². The molecule has 0 aliphatic rings. The Morgan fingerprint density at radius 1 is 1.50 bits per heavy atom. The number of pyridine rings is 1. The highest BCUT2D eigenvalue weighted by Gasteiger charge is 2.15. The summed E-state index contributed by atoms with van der Waals surface area (Å²) in [4.78, 5) is 4.17.